The van der Waals surface area contributed by atoms with Crippen molar-refractivity contribution in [1.82, 2.24) is 0 Å². The number of hydrogen-bond acceptors (Lipinski definition) is 0. The molecule has 0 nitrogen and oxygen atoms in total. The van der Waals surface area contributed by atoms with Gasteiger partial charge < -0.3 is 0 Å². The van der Waals surface area contributed by atoms with E-state index in [0.29, 0.717) is 12.3 Å². The van der Waals surface area contributed by atoms with Crippen LogP contribution in [0.2, 0.25) is 0 Å². The minimum Gasteiger partial charge on any atom is -0.166 e. The standard InChI is InChI=1S/C14H17F3/c1-11(2)5-3-4-6-12-7-9-13(10-8-12)14(15,16)17/h3-7,9-12H,8H2,1-2H3/b5-3+,6-4+. The molecule has 94 valence electrons. The van der Waals surface area contributed by atoms with Crippen LogP contribution in [-0.4, -0.2) is 6.18 Å². The van der Waals surface area contributed by atoms with Gasteiger partial charge in [0.2, 0.25) is 0 Å². The molecule has 17 heavy (non-hydrogen) atoms. The van der Waals surface area contributed by atoms with Gasteiger partial charge in [-0.15, -0.1) is 0 Å². The second-order valence-corrected chi connectivity index (χ2v) is 4.43. The molecule has 1 aliphatic carbocycles. The molecule has 0 heterocycles. The van der Waals surface area contributed by atoms with Gasteiger partial charge >= 0.3 is 6.18 Å². The fourth-order valence-electron chi connectivity index (χ4n) is 1.48. The van der Waals surface area contributed by atoms with Gasteiger partial charge in [0.1, 0.15) is 0 Å². The Morgan fingerprint density at radius 3 is 2.47 bits per heavy atom. The Hall–Kier alpha value is -1.25. The maximum atomic E-state index is 12.3. The molecule has 0 radical (unpaired) electrons. The third-order valence-corrected chi connectivity index (χ3v) is 2.43. The molecule has 0 aromatic rings. The van der Waals surface area contributed by atoms with E-state index in [1.807, 2.05) is 24.3 Å². The summed E-state index contributed by atoms with van der Waals surface area (Å²) in [5.74, 6) is 0.552. The minimum atomic E-state index is -4.22. The fraction of sp³-hybridized carbons (Fsp3) is 0.429. The van der Waals surface area contributed by atoms with Crippen LogP contribution in [0.15, 0.2) is 48.1 Å². The second kappa shape index (κ2) is 5.89. The maximum absolute atomic E-state index is 12.3. The van der Waals surface area contributed by atoms with E-state index in [1.165, 1.54) is 6.08 Å². The molecular formula is C14H17F3. The number of hydrogen-bond donors (Lipinski definition) is 0. The summed E-state index contributed by atoms with van der Waals surface area (Å²) < 4.78 is 36.9. The van der Waals surface area contributed by atoms with Crippen molar-refractivity contribution >= 4 is 0 Å². The van der Waals surface area contributed by atoms with Crippen LogP contribution in [0.1, 0.15) is 20.3 Å². The third-order valence-electron chi connectivity index (χ3n) is 2.43. The molecule has 0 bridgehead atoms. The first-order chi connectivity index (χ1) is 7.89. The van der Waals surface area contributed by atoms with Crippen LogP contribution in [0.3, 0.4) is 0 Å². The summed E-state index contributed by atoms with van der Waals surface area (Å²) in [7, 11) is 0. The Labute approximate surface area is 100 Å². The Balaban J connectivity index is 2.49. The molecule has 1 unspecified atom stereocenters. The summed E-state index contributed by atoms with van der Waals surface area (Å²) in [5, 5.41) is 0. The van der Waals surface area contributed by atoms with Crippen molar-refractivity contribution in [2.75, 3.05) is 0 Å². The summed E-state index contributed by atoms with van der Waals surface area (Å²) in [6, 6.07) is 0. The van der Waals surface area contributed by atoms with Crippen LogP contribution < -0.4 is 0 Å². The Bertz CT molecular complexity index is 354. The molecule has 0 saturated heterocycles. The van der Waals surface area contributed by atoms with Gasteiger partial charge in [-0.1, -0.05) is 56.4 Å². The van der Waals surface area contributed by atoms with Gasteiger partial charge in [-0.2, -0.15) is 13.2 Å². The fourth-order valence-corrected chi connectivity index (χ4v) is 1.48. The van der Waals surface area contributed by atoms with Gasteiger partial charge in [0.15, 0.2) is 0 Å². The van der Waals surface area contributed by atoms with Crippen LogP contribution in [0.4, 0.5) is 13.2 Å². The highest BCUT2D eigenvalue weighted by molar-refractivity contribution is 5.29. The van der Waals surface area contributed by atoms with Crippen LogP contribution >= 0.6 is 0 Å². The molecule has 0 aromatic carbocycles. The van der Waals surface area contributed by atoms with E-state index < -0.39 is 11.7 Å². The van der Waals surface area contributed by atoms with Crippen molar-refractivity contribution in [3.05, 3.63) is 48.1 Å². The van der Waals surface area contributed by atoms with Gasteiger partial charge in [0, 0.05) is 0 Å². The Morgan fingerprint density at radius 2 is 2.00 bits per heavy atom. The number of alkyl halides is 3. The van der Waals surface area contributed by atoms with Gasteiger partial charge in [0.25, 0.3) is 0 Å². The van der Waals surface area contributed by atoms with Crippen molar-refractivity contribution in [2.24, 2.45) is 11.8 Å². The van der Waals surface area contributed by atoms with Crippen LogP contribution in [0.25, 0.3) is 0 Å². The van der Waals surface area contributed by atoms with E-state index in [1.54, 1.807) is 6.08 Å². The van der Waals surface area contributed by atoms with Crippen molar-refractivity contribution in [3.8, 4) is 0 Å². The normalized spacial score (nSPS) is 21.8. The van der Waals surface area contributed by atoms with Gasteiger partial charge in [-0.25, -0.2) is 0 Å². The molecule has 1 rings (SSSR count). The second-order valence-electron chi connectivity index (χ2n) is 4.43. The summed E-state index contributed by atoms with van der Waals surface area (Å²) in [4.78, 5) is 0. The number of halogens is 3. The molecule has 3 heteroatoms. The summed E-state index contributed by atoms with van der Waals surface area (Å²) in [6.45, 7) is 4.15. The van der Waals surface area contributed by atoms with Gasteiger partial charge in [0.05, 0.1) is 5.57 Å². The highest BCUT2D eigenvalue weighted by Gasteiger charge is 2.32. The molecule has 0 aromatic heterocycles. The van der Waals surface area contributed by atoms with Crippen LogP contribution in [-0.2, 0) is 0 Å². The lowest BCUT2D eigenvalue weighted by Crippen LogP contribution is -2.12. The van der Waals surface area contributed by atoms with Crippen molar-refractivity contribution < 1.29 is 13.2 Å². The highest BCUT2D eigenvalue weighted by atomic mass is 19.4. The van der Waals surface area contributed by atoms with Gasteiger partial charge in [-0.3, -0.25) is 0 Å². The molecule has 0 saturated carbocycles. The average Bonchev–Trinajstić information content (AvgIpc) is 2.23. The van der Waals surface area contributed by atoms with E-state index >= 15 is 0 Å². The minimum absolute atomic E-state index is 0.0675. The number of allylic oxidation sites excluding steroid dienone is 8. The molecule has 0 N–H and O–H groups in total. The molecule has 0 fully saturated rings. The van der Waals surface area contributed by atoms with Gasteiger partial charge in [-0.05, 0) is 18.3 Å². The van der Waals surface area contributed by atoms with Crippen molar-refractivity contribution in [2.45, 2.75) is 26.4 Å². The first kappa shape index (κ1) is 13.8. The van der Waals surface area contributed by atoms with Crippen molar-refractivity contribution in [3.63, 3.8) is 0 Å². The zero-order chi connectivity index (χ0) is 12.9. The lowest BCUT2D eigenvalue weighted by molar-refractivity contribution is -0.0886. The summed E-state index contributed by atoms with van der Waals surface area (Å²) >= 11 is 0. The largest absolute Gasteiger partial charge is 0.416 e. The number of rotatable bonds is 3. The summed E-state index contributed by atoms with van der Waals surface area (Å²) in [6.07, 6.45) is 7.98. The van der Waals surface area contributed by atoms with Crippen LogP contribution in [0.5, 0.6) is 0 Å². The van der Waals surface area contributed by atoms with E-state index in [4.69, 9.17) is 0 Å². The smallest absolute Gasteiger partial charge is 0.166 e. The summed E-state index contributed by atoms with van der Waals surface area (Å²) in [5.41, 5.74) is -0.542. The average molecular weight is 242 g/mol. The van der Waals surface area contributed by atoms with E-state index in [0.717, 1.165) is 6.08 Å². The molecule has 1 atom stereocenters. The molecule has 0 spiro atoms. The predicted molar refractivity (Wildman–Crippen MR) is 64.5 cm³/mol. The first-order valence-electron chi connectivity index (χ1n) is 5.70. The van der Waals surface area contributed by atoms with Crippen molar-refractivity contribution in [1.29, 1.82) is 0 Å². The monoisotopic (exact) mass is 242 g/mol. The SMILES string of the molecule is CC(C)/C=C/C=C/C1C=CC(C(F)(F)F)=CC1. The van der Waals surface area contributed by atoms with Crippen LogP contribution in [0, 0.1) is 11.8 Å². The molecular weight excluding hydrogens is 225 g/mol. The third kappa shape index (κ3) is 5.07. The zero-order valence-electron chi connectivity index (χ0n) is 10.0. The lowest BCUT2D eigenvalue weighted by Gasteiger charge is -2.14. The highest BCUT2D eigenvalue weighted by Crippen LogP contribution is 2.30. The van der Waals surface area contributed by atoms with E-state index in [2.05, 4.69) is 13.8 Å². The van der Waals surface area contributed by atoms with E-state index in [9.17, 15) is 13.2 Å². The quantitative estimate of drug-likeness (QED) is 0.622. The van der Waals surface area contributed by atoms with E-state index in [-0.39, 0.29) is 5.92 Å². The lowest BCUT2D eigenvalue weighted by atomic mass is 9.96. The molecule has 0 aliphatic heterocycles. The zero-order valence-corrected chi connectivity index (χ0v) is 10.0. The Morgan fingerprint density at radius 1 is 1.29 bits per heavy atom. The molecule has 1 aliphatic rings. The topological polar surface area (TPSA) is 0 Å². The first-order valence-corrected chi connectivity index (χ1v) is 5.70. The molecule has 0 amide bonds. The Kier molecular flexibility index (Phi) is 4.79. The maximum Gasteiger partial charge on any atom is 0.416 e. The predicted octanol–water partition coefficient (Wildman–Crippen LogP) is 4.82.